The number of carbonyl (C=O) groups is 1. The summed E-state index contributed by atoms with van der Waals surface area (Å²) in [6.07, 6.45) is 8.86. The lowest BCUT2D eigenvalue weighted by Gasteiger charge is -2.35. The lowest BCUT2D eigenvalue weighted by Crippen LogP contribution is -2.35. The summed E-state index contributed by atoms with van der Waals surface area (Å²) in [4.78, 5) is 16.2. The van der Waals surface area contributed by atoms with Crippen molar-refractivity contribution >= 4 is 17.1 Å². The zero-order valence-corrected chi connectivity index (χ0v) is 11.0. The molecule has 0 amide bonds. The van der Waals surface area contributed by atoms with Crippen LogP contribution in [0.15, 0.2) is 11.6 Å². The molecule has 0 aromatic carbocycles. The Hall–Kier alpha value is -0.740. The topological polar surface area (TPSA) is 56.0 Å². The molecular weight excluding hydrogens is 232 g/mol. The van der Waals surface area contributed by atoms with Gasteiger partial charge in [0.2, 0.25) is 0 Å². The van der Waals surface area contributed by atoms with Gasteiger partial charge in [0, 0.05) is 18.0 Å². The summed E-state index contributed by atoms with van der Waals surface area (Å²) in [5, 5.41) is 2.85. The Morgan fingerprint density at radius 2 is 2.18 bits per heavy atom. The third-order valence-electron chi connectivity index (χ3n) is 3.75. The van der Waals surface area contributed by atoms with Crippen LogP contribution < -0.4 is 5.73 Å². The Kier molecular flexibility index (Phi) is 4.29. The molecule has 1 aliphatic rings. The van der Waals surface area contributed by atoms with E-state index in [9.17, 15) is 4.79 Å². The van der Waals surface area contributed by atoms with E-state index in [-0.39, 0.29) is 5.41 Å². The molecule has 0 spiro atoms. The first-order valence-corrected chi connectivity index (χ1v) is 7.22. The lowest BCUT2D eigenvalue weighted by atomic mass is 9.71. The number of thiazole rings is 1. The standard InChI is InChI=1S/C13H20N2OS/c14-10-13(4-2-1-3-5-13)9-11(16)8-12-15-6-7-17-12/h6-7H,1-5,8-10,14H2. The van der Waals surface area contributed by atoms with Crippen LogP contribution in [0.2, 0.25) is 0 Å². The largest absolute Gasteiger partial charge is 0.330 e. The molecule has 1 saturated carbocycles. The number of hydrogen-bond donors (Lipinski definition) is 1. The van der Waals surface area contributed by atoms with E-state index in [0.717, 1.165) is 17.8 Å². The van der Waals surface area contributed by atoms with Gasteiger partial charge in [-0.25, -0.2) is 4.98 Å². The van der Waals surface area contributed by atoms with Crippen LogP contribution in [-0.4, -0.2) is 17.3 Å². The van der Waals surface area contributed by atoms with Crippen molar-refractivity contribution in [3.8, 4) is 0 Å². The van der Waals surface area contributed by atoms with E-state index >= 15 is 0 Å². The predicted octanol–water partition coefficient (Wildman–Crippen LogP) is 2.55. The van der Waals surface area contributed by atoms with Gasteiger partial charge in [0.15, 0.2) is 0 Å². The molecule has 3 nitrogen and oxygen atoms in total. The fourth-order valence-corrected chi connectivity index (χ4v) is 3.39. The van der Waals surface area contributed by atoms with E-state index in [4.69, 9.17) is 5.73 Å². The van der Waals surface area contributed by atoms with Crippen molar-refractivity contribution < 1.29 is 4.79 Å². The molecule has 0 aliphatic heterocycles. The van der Waals surface area contributed by atoms with Crippen molar-refractivity contribution in [2.24, 2.45) is 11.1 Å². The van der Waals surface area contributed by atoms with Gasteiger partial charge in [0.25, 0.3) is 0 Å². The van der Waals surface area contributed by atoms with Gasteiger partial charge >= 0.3 is 0 Å². The maximum atomic E-state index is 12.1. The normalized spacial score (nSPS) is 19.1. The fourth-order valence-electron chi connectivity index (χ4n) is 2.74. The van der Waals surface area contributed by atoms with E-state index in [2.05, 4.69) is 4.98 Å². The molecule has 1 fully saturated rings. The highest BCUT2D eigenvalue weighted by molar-refractivity contribution is 7.09. The second-order valence-corrected chi connectivity index (χ2v) is 6.06. The van der Waals surface area contributed by atoms with Crippen molar-refractivity contribution in [2.45, 2.75) is 44.9 Å². The first-order chi connectivity index (χ1) is 8.24. The van der Waals surface area contributed by atoms with E-state index in [0.29, 0.717) is 25.2 Å². The first-order valence-electron chi connectivity index (χ1n) is 6.34. The Bertz CT molecular complexity index is 356. The van der Waals surface area contributed by atoms with Gasteiger partial charge in [0.05, 0.1) is 11.4 Å². The molecule has 4 heteroatoms. The third kappa shape index (κ3) is 3.36. The molecule has 1 aliphatic carbocycles. The number of hydrogen-bond acceptors (Lipinski definition) is 4. The summed E-state index contributed by atoms with van der Waals surface area (Å²) in [7, 11) is 0. The molecule has 0 radical (unpaired) electrons. The minimum absolute atomic E-state index is 0.0899. The number of nitrogens with two attached hydrogens (primary N) is 1. The fraction of sp³-hybridized carbons (Fsp3) is 0.692. The van der Waals surface area contributed by atoms with E-state index in [1.165, 1.54) is 19.3 Å². The highest BCUT2D eigenvalue weighted by atomic mass is 32.1. The van der Waals surface area contributed by atoms with Crippen LogP contribution in [0.5, 0.6) is 0 Å². The summed E-state index contributed by atoms with van der Waals surface area (Å²) in [6, 6.07) is 0. The smallest absolute Gasteiger partial charge is 0.140 e. The van der Waals surface area contributed by atoms with Gasteiger partial charge in [-0.1, -0.05) is 19.3 Å². The number of nitrogens with zero attached hydrogens (tertiary/aromatic N) is 1. The highest BCUT2D eigenvalue weighted by Crippen LogP contribution is 2.38. The molecule has 17 heavy (non-hydrogen) atoms. The quantitative estimate of drug-likeness (QED) is 0.876. The summed E-state index contributed by atoms with van der Waals surface area (Å²) >= 11 is 1.56. The van der Waals surface area contributed by atoms with Crippen LogP contribution in [0.25, 0.3) is 0 Å². The Labute approximate surface area is 106 Å². The number of aromatic nitrogens is 1. The summed E-state index contributed by atoms with van der Waals surface area (Å²) in [6.45, 7) is 0.649. The van der Waals surface area contributed by atoms with Gasteiger partial charge in [-0.05, 0) is 24.8 Å². The Morgan fingerprint density at radius 3 is 2.76 bits per heavy atom. The SMILES string of the molecule is NCC1(CC(=O)Cc2nccs2)CCCCC1. The lowest BCUT2D eigenvalue weighted by molar-refractivity contribution is -0.121. The van der Waals surface area contributed by atoms with Crippen LogP contribution in [0.3, 0.4) is 0 Å². The van der Waals surface area contributed by atoms with Gasteiger partial charge in [0.1, 0.15) is 5.78 Å². The zero-order chi connectivity index (χ0) is 12.1. The van der Waals surface area contributed by atoms with Crippen molar-refractivity contribution in [3.05, 3.63) is 16.6 Å². The summed E-state index contributed by atoms with van der Waals surface area (Å²) in [5.74, 6) is 0.298. The number of carbonyl (C=O) groups excluding carboxylic acids is 1. The maximum absolute atomic E-state index is 12.1. The van der Waals surface area contributed by atoms with E-state index in [1.807, 2.05) is 5.38 Å². The first kappa shape index (κ1) is 12.7. The van der Waals surface area contributed by atoms with E-state index < -0.39 is 0 Å². The third-order valence-corrected chi connectivity index (χ3v) is 4.53. The monoisotopic (exact) mass is 252 g/mol. The molecule has 0 atom stereocenters. The van der Waals surface area contributed by atoms with Crippen molar-refractivity contribution in [3.63, 3.8) is 0 Å². The number of rotatable bonds is 5. The molecule has 1 heterocycles. The second kappa shape index (κ2) is 5.74. The van der Waals surface area contributed by atoms with Gasteiger partial charge in [-0.2, -0.15) is 0 Å². The average Bonchev–Trinajstić information content (AvgIpc) is 2.83. The second-order valence-electron chi connectivity index (χ2n) is 5.08. The molecular formula is C13H20N2OS. The van der Waals surface area contributed by atoms with Gasteiger partial charge < -0.3 is 5.73 Å². The molecule has 2 N–H and O–H groups in total. The summed E-state index contributed by atoms with van der Waals surface area (Å²) < 4.78 is 0. The minimum Gasteiger partial charge on any atom is -0.330 e. The van der Waals surface area contributed by atoms with Gasteiger partial charge in [-0.3, -0.25) is 4.79 Å². The van der Waals surface area contributed by atoms with Gasteiger partial charge in [-0.15, -0.1) is 11.3 Å². The zero-order valence-electron chi connectivity index (χ0n) is 10.2. The van der Waals surface area contributed by atoms with Crippen LogP contribution in [0.4, 0.5) is 0 Å². The molecule has 94 valence electrons. The number of ketones is 1. The Balaban J connectivity index is 1.91. The van der Waals surface area contributed by atoms with E-state index in [1.54, 1.807) is 17.5 Å². The summed E-state index contributed by atoms with van der Waals surface area (Å²) in [5.41, 5.74) is 5.98. The minimum atomic E-state index is 0.0899. The van der Waals surface area contributed by atoms with Crippen molar-refractivity contribution in [1.82, 2.24) is 4.98 Å². The van der Waals surface area contributed by atoms with Crippen molar-refractivity contribution in [1.29, 1.82) is 0 Å². The van der Waals surface area contributed by atoms with Crippen LogP contribution >= 0.6 is 11.3 Å². The maximum Gasteiger partial charge on any atom is 0.140 e. The predicted molar refractivity (Wildman–Crippen MR) is 70.0 cm³/mol. The molecule has 0 unspecified atom stereocenters. The average molecular weight is 252 g/mol. The molecule has 0 saturated heterocycles. The van der Waals surface area contributed by atoms with Crippen LogP contribution in [0.1, 0.15) is 43.5 Å². The number of Topliss-reactive ketones (excluding diaryl/α,β-unsaturated/α-hetero) is 1. The molecule has 1 aromatic rings. The Morgan fingerprint density at radius 1 is 1.41 bits per heavy atom. The molecule has 2 rings (SSSR count). The van der Waals surface area contributed by atoms with Crippen molar-refractivity contribution in [2.75, 3.05) is 6.54 Å². The van der Waals surface area contributed by atoms with Crippen LogP contribution in [-0.2, 0) is 11.2 Å². The highest BCUT2D eigenvalue weighted by Gasteiger charge is 2.32. The van der Waals surface area contributed by atoms with Crippen LogP contribution in [0, 0.1) is 5.41 Å². The molecule has 1 aromatic heterocycles. The molecule has 0 bridgehead atoms.